The van der Waals surface area contributed by atoms with E-state index in [0.717, 1.165) is 36.5 Å². The van der Waals surface area contributed by atoms with Gasteiger partial charge < -0.3 is 9.64 Å². The number of rotatable bonds is 9. The van der Waals surface area contributed by atoms with Crippen molar-refractivity contribution >= 4 is 5.91 Å². The van der Waals surface area contributed by atoms with Crippen molar-refractivity contribution in [3.8, 4) is 5.75 Å². The molecule has 2 aromatic rings. The molecule has 0 spiro atoms. The Morgan fingerprint density at radius 3 is 2.58 bits per heavy atom. The molecule has 180 valence electrons. The van der Waals surface area contributed by atoms with Gasteiger partial charge in [0.1, 0.15) is 11.6 Å². The van der Waals surface area contributed by atoms with E-state index in [9.17, 15) is 9.18 Å². The highest BCUT2D eigenvalue weighted by Gasteiger charge is 2.36. The van der Waals surface area contributed by atoms with Crippen LogP contribution >= 0.6 is 0 Å². The number of nitrogens with zero attached hydrogens (tertiary/aromatic N) is 2. The van der Waals surface area contributed by atoms with Gasteiger partial charge in [-0.05, 0) is 42.5 Å². The van der Waals surface area contributed by atoms with Crippen LogP contribution in [0.1, 0.15) is 50.3 Å². The minimum absolute atomic E-state index is 0.0297. The first kappa shape index (κ1) is 25.2. The van der Waals surface area contributed by atoms with Crippen LogP contribution in [0.5, 0.6) is 5.75 Å². The number of amides is 1. The summed E-state index contributed by atoms with van der Waals surface area (Å²) in [7, 11) is 1.68. The average molecular weight is 455 g/mol. The van der Waals surface area contributed by atoms with E-state index in [1.165, 1.54) is 5.56 Å². The first-order valence-corrected chi connectivity index (χ1v) is 12.1. The molecular formula is C28H39FN2O2. The second kappa shape index (κ2) is 11.1. The second-order valence-corrected chi connectivity index (χ2v) is 10.2. The predicted octanol–water partition coefficient (Wildman–Crippen LogP) is 5.50. The lowest BCUT2D eigenvalue weighted by molar-refractivity contribution is -0.135. The molecule has 1 aliphatic heterocycles. The molecule has 0 unspecified atom stereocenters. The van der Waals surface area contributed by atoms with Gasteiger partial charge in [0.25, 0.3) is 0 Å². The van der Waals surface area contributed by atoms with E-state index in [0.29, 0.717) is 19.0 Å². The van der Waals surface area contributed by atoms with Crippen LogP contribution in [-0.2, 0) is 11.3 Å². The van der Waals surface area contributed by atoms with Crippen molar-refractivity contribution in [1.82, 2.24) is 9.80 Å². The van der Waals surface area contributed by atoms with E-state index in [4.69, 9.17) is 4.74 Å². The molecule has 2 atom stereocenters. The highest BCUT2D eigenvalue weighted by Crippen LogP contribution is 2.36. The monoisotopic (exact) mass is 454 g/mol. The predicted molar refractivity (Wildman–Crippen MR) is 132 cm³/mol. The van der Waals surface area contributed by atoms with Crippen LogP contribution in [0.4, 0.5) is 4.39 Å². The number of hydrogen-bond acceptors (Lipinski definition) is 3. The fourth-order valence-corrected chi connectivity index (χ4v) is 4.93. The van der Waals surface area contributed by atoms with Crippen LogP contribution in [-0.4, -0.2) is 49.0 Å². The Hall–Kier alpha value is -2.40. The van der Waals surface area contributed by atoms with Crippen molar-refractivity contribution in [3.63, 3.8) is 0 Å². The number of hydrogen-bond donors (Lipinski definition) is 0. The third kappa shape index (κ3) is 6.57. The van der Waals surface area contributed by atoms with Crippen molar-refractivity contribution in [2.24, 2.45) is 17.8 Å². The van der Waals surface area contributed by atoms with E-state index in [1.54, 1.807) is 13.2 Å². The van der Waals surface area contributed by atoms with Gasteiger partial charge in [-0.3, -0.25) is 9.69 Å². The van der Waals surface area contributed by atoms with Gasteiger partial charge in [0, 0.05) is 50.1 Å². The molecule has 1 aliphatic rings. The SMILES string of the molecule is COc1cccc([C@H]2CN(Cc3cc(C)ccc3F)C[C@@H]2CN(CC(C)C)C(=O)C(C)C)c1. The first-order chi connectivity index (χ1) is 15.7. The molecule has 0 bridgehead atoms. The Balaban J connectivity index is 1.87. The summed E-state index contributed by atoms with van der Waals surface area (Å²) in [5, 5.41) is 0. The van der Waals surface area contributed by atoms with Crippen LogP contribution in [0.15, 0.2) is 42.5 Å². The minimum Gasteiger partial charge on any atom is -0.497 e. The summed E-state index contributed by atoms with van der Waals surface area (Å²) in [4.78, 5) is 17.4. The van der Waals surface area contributed by atoms with Crippen molar-refractivity contribution in [2.75, 3.05) is 33.3 Å². The summed E-state index contributed by atoms with van der Waals surface area (Å²) in [6.07, 6.45) is 0. The molecule has 3 rings (SSSR count). The fourth-order valence-electron chi connectivity index (χ4n) is 4.93. The molecule has 1 amide bonds. The number of aryl methyl sites for hydroxylation is 1. The van der Waals surface area contributed by atoms with Gasteiger partial charge in [-0.2, -0.15) is 0 Å². The topological polar surface area (TPSA) is 32.8 Å². The third-order valence-electron chi connectivity index (χ3n) is 6.48. The Morgan fingerprint density at radius 1 is 1.15 bits per heavy atom. The molecule has 0 saturated carbocycles. The number of halogens is 1. The lowest BCUT2D eigenvalue weighted by atomic mass is 9.88. The Labute approximate surface area is 198 Å². The number of benzene rings is 2. The van der Waals surface area contributed by atoms with Gasteiger partial charge in [0.2, 0.25) is 5.91 Å². The van der Waals surface area contributed by atoms with Gasteiger partial charge in [0.05, 0.1) is 7.11 Å². The molecule has 1 fully saturated rings. The zero-order chi connectivity index (χ0) is 24.1. The highest BCUT2D eigenvalue weighted by molar-refractivity contribution is 5.78. The van der Waals surface area contributed by atoms with Gasteiger partial charge in [-0.1, -0.05) is 57.5 Å². The van der Waals surface area contributed by atoms with Gasteiger partial charge in [0.15, 0.2) is 0 Å². The summed E-state index contributed by atoms with van der Waals surface area (Å²) in [6.45, 7) is 13.9. The molecule has 2 aromatic carbocycles. The maximum atomic E-state index is 14.5. The molecule has 1 saturated heterocycles. The van der Waals surface area contributed by atoms with E-state index in [1.807, 2.05) is 49.9 Å². The summed E-state index contributed by atoms with van der Waals surface area (Å²) < 4.78 is 20.0. The lowest BCUT2D eigenvalue weighted by Crippen LogP contribution is -2.41. The van der Waals surface area contributed by atoms with Crippen LogP contribution < -0.4 is 4.74 Å². The fraction of sp³-hybridized carbons (Fsp3) is 0.536. The molecule has 5 heteroatoms. The molecule has 33 heavy (non-hydrogen) atoms. The van der Waals surface area contributed by atoms with E-state index in [-0.39, 0.29) is 29.5 Å². The zero-order valence-electron chi connectivity index (χ0n) is 21.0. The van der Waals surface area contributed by atoms with Crippen LogP contribution in [0.2, 0.25) is 0 Å². The quantitative estimate of drug-likeness (QED) is 0.502. The number of methoxy groups -OCH3 is 1. The van der Waals surface area contributed by atoms with Crippen LogP contribution in [0.3, 0.4) is 0 Å². The van der Waals surface area contributed by atoms with Crippen molar-refractivity contribution < 1.29 is 13.9 Å². The Bertz CT molecular complexity index is 943. The lowest BCUT2D eigenvalue weighted by Gasteiger charge is -2.31. The van der Waals surface area contributed by atoms with Crippen LogP contribution in [0, 0.1) is 30.5 Å². The van der Waals surface area contributed by atoms with Gasteiger partial charge in [-0.25, -0.2) is 4.39 Å². The molecular weight excluding hydrogens is 415 g/mol. The van der Waals surface area contributed by atoms with Gasteiger partial charge >= 0.3 is 0 Å². The second-order valence-electron chi connectivity index (χ2n) is 10.2. The van der Waals surface area contributed by atoms with Crippen molar-refractivity contribution in [2.45, 2.75) is 47.1 Å². The molecule has 0 aromatic heterocycles. The Morgan fingerprint density at radius 2 is 1.91 bits per heavy atom. The maximum Gasteiger partial charge on any atom is 0.225 e. The smallest absolute Gasteiger partial charge is 0.225 e. The summed E-state index contributed by atoms with van der Waals surface area (Å²) in [6, 6.07) is 13.5. The van der Waals surface area contributed by atoms with E-state index in [2.05, 4.69) is 30.9 Å². The average Bonchev–Trinajstić information content (AvgIpc) is 3.17. The third-order valence-corrected chi connectivity index (χ3v) is 6.48. The summed E-state index contributed by atoms with van der Waals surface area (Å²) in [5.41, 5.74) is 3.02. The number of carbonyl (C=O) groups excluding carboxylic acids is 1. The Kier molecular flexibility index (Phi) is 8.52. The minimum atomic E-state index is -0.154. The van der Waals surface area contributed by atoms with Crippen molar-refractivity contribution in [3.05, 3.63) is 65.0 Å². The number of carbonyl (C=O) groups is 1. The largest absolute Gasteiger partial charge is 0.497 e. The summed E-state index contributed by atoms with van der Waals surface area (Å²) in [5.74, 6) is 1.79. The van der Waals surface area contributed by atoms with Crippen molar-refractivity contribution in [1.29, 1.82) is 0 Å². The van der Waals surface area contributed by atoms with E-state index < -0.39 is 0 Å². The highest BCUT2D eigenvalue weighted by atomic mass is 19.1. The zero-order valence-corrected chi connectivity index (χ0v) is 21.0. The normalized spacial score (nSPS) is 18.8. The van der Waals surface area contributed by atoms with Crippen LogP contribution in [0.25, 0.3) is 0 Å². The standard InChI is InChI=1S/C28H39FN2O2/c1-19(2)14-31(28(32)20(3)4)17-24-16-30(15-23-12-21(5)10-11-27(23)29)18-26(24)22-8-7-9-25(13-22)33-6/h7-13,19-20,24,26H,14-18H2,1-6H3/t24-,26-/m1/s1. The van der Waals surface area contributed by atoms with Gasteiger partial charge in [-0.15, -0.1) is 0 Å². The van der Waals surface area contributed by atoms with E-state index >= 15 is 0 Å². The number of ether oxygens (including phenoxy) is 1. The molecule has 0 radical (unpaired) electrons. The first-order valence-electron chi connectivity index (χ1n) is 12.1. The number of likely N-dealkylation sites (tertiary alicyclic amines) is 1. The maximum absolute atomic E-state index is 14.5. The molecule has 0 aliphatic carbocycles. The molecule has 4 nitrogen and oxygen atoms in total. The molecule has 1 heterocycles. The summed E-state index contributed by atoms with van der Waals surface area (Å²) >= 11 is 0. The molecule has 0 N–H and O–H groups in total.